The second-order valence-electron chi connectivity index (χ2n) is 3.12. The van der Waals surface area contributed by atoms with Crippen LogP contribution in [0.5, 0.6) is 0 Å². The van der Waals surface area contributed by atoms with E-state index in [2.05, 4.69) is 22.5 Å². The van der Waals surface area contributed by atoms with Crippen LogP contribution < -0.4 is 0 Å². The van der Waals surface area contributed by atoms with Gasteiger partial charge >= 0.3 is 5.97 Å². The lowest BCUT2D eigenvalue weighted by molar-refractivity contribution is -0.138. The van der Waals surface area contributed by atoms with Gasteiger partial charge in [0.05, 0.1) is 5.92 Å². The highest BCUT2D eigenvalue weighted by molar-refractivity contribution is 9.10. The normalized spacial score (nSPS) is 12.1. The fourth-order valence-corrected chi connectivity index (χ4v) is 1.81. The quantitative estimate of drug-likeness (QED) is 0.854. The maximum absolute atomic E-state index is 13.0. The van der Waals surface area contributed by atoms with E-state index in [9.17, 15) is 9.18 Å². The van der Waals surface area contributed by atoms with Crippen molar-refractivity contribution in [3.05, 3.63) is 46.7 Å². The Morgan fingerprint density at radius 3 is 2.73 bits per heavy atom. The van der Waals surface area contributed by atoms with Gasteiger partial charge < -0.3 is 5.11 Å². The van der Waals surface area contributed by atoms with E-state index in [1.54, 1.807) is 6.07 Å². The number of aliphatic carboxylic acids is 1. The summed E-state index contributed by atoms with van der Waals surface area (Å²) in [5.41, 5.74) is 0.439. The van der Waals surface area contributed by atoms with Crippen LogP contribution in [0.4, 0.5) is 4.39 Å². The van der Waals surface area contributed by atoms with Crippen molar-refractivity contribution in [2.24, 2.45) is 0 Å². The molecule has 1 N–H and O–H groups in total. The van der Waals surface area contributed by atoms with Gasteiger partial charge in [0.15, 0.2) is 0 Å². The molecule has 2 nitrogen and oxygen atoms in total. The molecule has 0 saturated carbocycles. The zero-order chi connectivity index (χ0) is 11.4. The second kappa shape index (κ2) is 5.07. The van der Waals surface area contributed by atoms with Crippen LogP contribution in [0.15, 0.2) is 35.3 Å². The number of allylic oxidation sites excluding steroid dienone is 1. The van der Waals surface area contributed by atoms with Crippen LogP contribution in [0, 0.1) is 5.82 Å². The number of carboxylic acid groups (broad SMARTS) is 1. The highest BCUT2D eigenvalue weighted by atomic mass is 79.9. The van der Waals surface area contributed by atoms with E-state index in [4.69, 9.17) is 5.11 Å². The van der Waals surface area contributed by atoms with Gasteiger partial charge in [-0.2, -0.15) is 0 Å². The summed E-state index contributed by atoms with van der Waals surface area (Å²) in [6.45, 7) is 3.48. The molecule has 0 aliphatic heterocycles. The fraction of sp³-hybridized carbons (Fsp3) is 0.182. The van der Waals surface area contributed by atoms with Crippen molar-refractivity contribution in [3.63, 3.8) is 0 Å². The molecule has 0 heterocycles. The van der Waals surface area contributed by atoms with Crippen LogP contribution in [0.1, 0.15) is 17.9 Å². The Labute approximate surface area is 95.6 Å². The van der Waals surface area contributed by atoms with E-state index in [0.29, 0.717) is 10.0 Å². The predicted octanol–water partition coefficient (Wildman–Crippen LogP) is 3.33. The van der Waals surface area contributed by atoms with Crippen LogP contribution in [-0.4, -0.2) is 11.1 Å². The van der Waals surface area contributed by atoms with Gasteiger partial charge in [0.25, 0.3) is 0 Å². The topological polar surface area (TPSA) is 37.3 Å². The molecule has 15 heavy (non-hydrogen) atoms. The monoisotopic (exact) mass is 272 g/mol. The number of rotatable bonds is 4. The summed E-state index contributed by atoms with van der Waals surface area (Å²) in [5, 5.41) is 8.95. The molecule has 1 rings (SSSR count). The van der Waals surface area contributed by atoms with Gasteiger partial charge in [-0.15, -0.1) is 6.58 Å². The van der Waals surface area contributed by atoms with E-state index in [0.717, 1.165) is 0 Å². The van der Waals surface area contributed by atoms with Gasteiger partial charge in [0.2, 0.25) is 0 Å². The molecule has 0 aromatic heterocycles. The minimum absolute atomic E-state index is 0.283. The Bertz CT molecular complexity index is 370. The van der Waals surface area contributed by atoms with Gasteiger partial charge in [-0.3, -0.25) is 4.79 Å². The molecule has 4 heteroatoms. The molecule has 80 valence electrons. The number of carbonyl (C=O) groups is 1. The highest BCUT2D eigenvalue weighted by Crippen LogP contribution is 2.24. The number of hydrogen-bond acceptors (Lipinski definition) is 1. The number of hydrogen-bond donors (Lipinski definition) is 1. The first-order chi connectivity index (χ1) is 7.04. The molecular weight excluding hydrogens is 263 g/mol. The van der Waals surface area contributed by atoms with Crippen LogP contribution in [-0.2, 0) is 4.79 Å². The Balaban J connectivity index is 3.10. The number of benzene rings is 1. The maximum atomic E-state index is 13.0. The van der Waals surface area contributed by atoms with E-state index in [-0.39, 0.29) is 6.42 Å². The van der Waals surface area contributed by atoms with Crippen LogP contribution in [0.2, 0.25) is 0 Å². The van der Waals surface area contributed by atoms with Gasteiger partial charge in [-0.05, 0) is 30.2 Å². The zero-order valence-corrected chi connectivity index (χ0v) is 9.50. The van der Waals surface area contributed by atoms with Crippen molar-refractivity contribution < 1.29 is 14.3 Å². The Morgan fingerprint density at radius 1 is 1.60 bits per heavy atom. The Kier molecular flexibility index (Phi) is 4.03. The third-order valence-electron chi connectivity index (χ3n) is 1.99. The lowest BCUT2D eigenvalue weighted by Gasteiger charge is -2.10. The summed E-state index contributed by atoms with van der Waals surface area (Å²) in [7, 11) is 0. The summed E-state index contributed by atoms with van der Waals surface area (Å²) in [4.78, 5) is 10.9. The molecule has 1 aromatic rings. The van der Waals surface area contributed by atoms with E-state index >= 15 is 0 Å². The molecule has 0 bridgehead atoms. The summed E-state index contributed by atoms with van der Waals surface area (Å²) in [6, 6.07) is 4.12. The second-order valence-corrected chi connectivity index (χ2v) is 4.03. The fourth-order valence-electron chi connectivity index (χ4n) is 1.32. The average molecular weight is 273 g/mol. The first-order valence-corrected chi connectivity index (χ1v) is 5.13. The summed E-state index contributed by atoms with van der Waals surface area (Å²) in [6.07, 6.45) is 1.79. The van der Waals surface area contributed by atoms with Crippen molar-refractivity contribution in [2.45, 2.75) is 12.3 Å². The van der Waals surface area contributed by atoms with E-state index < -0.39 is 17.7 Å². The predicted molar refractivity (Wildman–Crippen MR) is 59.3 cm³/mol. The standard InChI is InChI=1S/C11H10BrFO2/c1-2-3-10(11(14)15)7-4-8(12)6-9(13)5-7/h2,4-6,10H,1,3H2,(H,14,15). The van der Waals surface area contributed by atoms with Crippen LogP contribution in [0.3, 0.4) is 0 Å². The molecule has 0 aliphatic carbocycles. The van der Waals surface area contributed by atoms with Gasteiger partial charge in [-0.25, -0.2) is 4.39 Å². The lowest BCUT2D eigenvalue weighted by atomic mass is 9.96. The molecule has 0 fully saturated rings. The summed E-state index contributed by atoms with van der Waals surface area (Å²) in [5.74, 6) is -2.17. The van der Waals surface area contributed by atoms with Crippen LogP contribution in [0.25, 0.3) is 0 Å². The first kappa shape index (κ1) is 11.9. The summed E-state index contributed by atoms with van der Waals surface area (Å²) < 4.78 is 13.6. The molecule has 0 spiro atoms. The minimum Gasteiger partial charge on any atom is -0.481 e. The molecule has 0 saturated heterocycles. The van der Waals surface area contributed by atoms with Gasteiger partial charge in [-0.1, -0.05) is 22.0 Å². The number of halogens is 2. The lowest BCUT2D eigenvalue weighted by Crippen LogP contribution is -2.11. The van der Waals surface area contributed by atoms with Crippen molar-refractivity contribution in [2.75, 3.05) is 0 Å². The molecule has 0 aliphatic rings. The van der Waals surface area contributed by atoms with Crippen LogP contribution >= 0.6 is 15.9 Å². The van der Waals surface area contributed by atoms with E-state index in [1.165, 1.54) is 18.2 Å². The molecule has 1 atom stereocenters. The highest BCUT2D eigenvalue weighted by Gasteiger charge is 2.19. The SMILES string of the molecule is C=CCC(C(=O)O)c1cc(F)cc(Br)c1. The molecule has 0 amide bonds. The minimum atomic E-state index is -0.979. The van der Waals surface area contributed by atoms with Crippen molar-refractivity contribution >= 4 is 21.9 Å². The third kappa shape index (κ3) is 3.16. The van der Waals surface area contributed by atoms with Crippen molar-refractivity contribution in [3.8, 4) is 0 Å². The smallest absolute Gasteiger partial charge is 0.311 e. The Morgan fingerprint density at radius 2 is 2.27 bits per heavy atom. The molecule has 0 radical (unpaired) electrons. The van der Waals surface area contributed by atoms with Crippen molar-refractivity contribution in [1.82, 2.24) is 0 Å². The van der Waals surface area contributed by atoms with Gasteiger partial charge in [0, 0.05) is 4.47 Å². The van der Waals surface area contributed by atoms with Gasteiger partial charge in [0.1, 0.15) is 5.82 Å². The average Bonchev–Trinajstić information content (AvgIpc) is 2.11. The zero-order valence-electron chi connectivity index (χ0n) is 7.91. The molecule has 1 unspecified atom stereocenters. The maximum Gasteiger partial charge on any atom is 0.311 e. The molecular formula is C11H10BrFO2. The number of carboxylic acids is 1. The first-order valence-electron chi connectivity index (χ1n) is 4.34. The largest absolute Gasteiger partial charge is 0.481 e. The summed E-state index contributed by atoms with van der Waals surface area (Å²) >= 11 is 3.12. The third-order valence-corrected chi connectivity index (χ3v) is 2.45. The van der Waals surface area contributed by atoms with E-state index in [1.807, 2.05) is 0 Å². The molecule has 1 aromatic carbocycles. The Hall–Kier alpha value is -1.16. The van der Waals surface area contributed by atoms with Crippen molar-refractivity contribution in [1.29, 1.82) is 0 Å².